The highest BCUT2D eigenvalue weighted by atomic mass is 16.5. The van der Waals surface area contributed by atoms with Crippen LogP contribution in [0, 0.1) is 0 Å². The Morgan fingerprint density at radius 3 is 2.95 bits per heavy atom. The molecule has 2 aromatic rings. The quantitative estimate of drug-likeness (QED) is 0.465. The third kappa shape index (κ3) is 4.89. The van der Waals surface area contributed by atoms with E-state index >= 15 is 0 Å². The van der Waals surface area contributed by atoms with Crippen LogP contribution in [0.15, 0.2) is 41.7 Å². The molecule has 22 heavy (non-hydrogen) atoms. The number of hydrogen-bond donors (Lipinski definition) is 2. The Balaban J connectivity index is 1.82. The van der Waals surface area contributed by atoms with Crippen LogP contribution < -0.4 is 11.1 Å². The SMILES string of the molecule is COCc1ccccc1NC(N)=NCCCc1cnn(C)c1. The van der Waals surface area contributed by atoms with E-state index in [4.69, 9.17) is 10.5 Å². The maximum Gasteiger partial charge on any atom is 0.193 e. The molecule has 0 aliphatic heterocycles. The molecule has 0 bridgehead atoms. The van der Waals surface area contributed by atoms with Crippen LogP contribution in [0.3, 0.4) is 0 Å². The fourth-order valence-electron chi connectivity index (χ4n) is 2.18. The van der Waals surface area contributed by atoms with Crippen molar-refractivity contribution in [1.29, 1.82) is 0 Å². The second-order valence-electron chi connectivity index (χ2n) is 5.11. The number of aryl methyl sites for hydroxylation is 2. The lowest BCUT2D eigenvalue weighted by molar-refractivity contribution is 0.185. The van der Waals surface area contributed by atoms with Gasteiger partial charge in [0.2, 0.25) is 0 Å². The van der Waals surface area contributed by atoms with Crippen LogP contribution in [0.5, 0.6) is 0 Å². The molecule has 1 heterocycles. The maximum atomic E-state index is 5.94. The summed E-state index contributed by atoms with van der Waals surface area (Å²) < 4.78 is 6.98. The van der Waals surface area contributed by atoms with E-state index in [1.807, 2.05) is 43.7 Å². The Bertz CT molecular complexity index is 621. The number of hydrogen-bond acceptors (Lipinski definition) is 3. The smallest absolute Gasteiger partial charge is 0.193 e. The highest BCUT2D eigenvalue weighted by Gasteiger charge is 2.02. The van der Waals surface area contributed by atoms with Crippen molar-refractivity contribution in [2.45, 2.75) is 19.4 Å². The van der Waals surface area contributed by atoms with Gasteiger partial charge in [0.15, 0.2) is 5.96 Å². The van der Waals surface area contributed by atoms with Crippen molar-refractivity contribution >= 4 is 11.6 Å². The van der Waals surface area contributed by atoms with Gasteiger partial charge >= 0.3 is 0 Å². The average molecular weight is 301 g/mol. The van der Waals surface area contributed by atoms with E-state index in [1.54, 1.807) is 11.8 Å². The van der Waals surface area contributed by atoms with Crippen molar-refractivity contribution in [3.63, 3.8) is 0 Å². The van der Waals surface area contributed by atoms with Gasteiger partial charge in [0, 0.05) is 38.1 Å². The Morgan fingerprint density at radius 2 is 2.23 bits per heavy atom. The molecule has 3 N–H and O–H groups in total. The molecular weight excluding hydrogens is 278 g/mol. The predicted molar refractivity (Wildman–Crippen MR) is 88.8 cm³/mol. The highest BCUT2D eigenvalue weighted by molar-refractivity contribution is 5.92. The van der Waals surface area contributed by atoms with Crippen LogP contribution in [0.25, 0.3) is 0 Å². The second-order valence-corrected chi connectivity index (χ2v) is 5.11. The fourth-order valence-corrected chi connectivity index (χ4v) is 2.18. The van der Waals surface area contributed by atoms with Crippen LogP contribution in [-0.4, -0.2) is 29.4 Å². The van der Waals surface area contributed by atoms with Crippen LogP contribution in [-0.2, 0) is 24.8 Å². The molecule has 0 saturated heterocycles. The Morgan fingerprint density at radius 1 is 1.41 bits per heavy atom. The third-order valence-corrected chi connectivity index (χ3v) is 3.24. The Hall–Kier alpha value is -2.34. The van der Waals surface area contributed by atoms with Gasteiger partial charge in [0.1, 0.15) is 0 Å². The predicted octanol–water partition coefficient (Wildman–Crippen LogP) is 1.93. The second kappa shape index (κ2) is 8.19. The minimum absolute atomic E-state index is 0.426. The van der Waals surface area contributed by atoms with E-state index in [1.165, 1.54) is 5.56 Å². The van der Waals surface area contributed by atoms with E-state index in [0.717, 1.165) is 24.1 Å². The summed E-state index contributed by atoms with van der Waals surface area (Å²) in [6.45, 7) is 1.22. The Labute approximate surface area is 131 Å². The lowest BCUT2D eigenvalue weighted by Crippen LogP contribution is -2.23. The lowest BCUT2D eigenvalue weighted by Gasteiger charge is -2.10. The zero-order valence-corrected chi connectivity index (χ0v) is 13.1. The molecule has 1 aromatic carbocycles. The van der Waals surface area contributed by atoms with Crippen LogP contribution >= 0.6 is 0 Å². The first kappa shape index (κ1) is 16.0. The first-order valence-electron chi connectivity index (χ1n) is 7.30. The van der Waals surface area contributed by atoms with E-state index in [2.05, 4.69) is 15.4 Å². The van der Waals surface area contributed by atoms with Gasteiger partial charge in [-0.3, -0.25) is 9.67 Å². The standard InChI is InChI=1S/C16H23N5O/c1-21-11-13(10-19-21)6-5-9-18-16(17)20-15-8-4-3-7-14(15)12-22-2/h3-4,7-8,10-11H,5-6,9,12H2,1-2H3,(H3,17,18,20). The molecule has 1 aromatic heterocycles. The summed E-state index contributed by atoms with van der Waals surface area (Å²) in [4.78, 5) is 4.36. The van der Waals surface area contributed by atoms with Gasteiger partial charge < -0.3 is 15.8 Å². The number of aromatic nitrogens is 2. The molecular formula is C16H23N5O. The first-order chi connectivity index (χ1) is 10.7. The Kier molecular flexibility index (Phi) is 5.97. The average Bonchev–Trinajstić information content (AvgIpc) is 2.92. The number of anilines is 1. The van der Waals surface area contributed by atoms with Crippen LogP contribution in [0.1, 0.15) is 17.5 Å². The van der Waals surface area contributed by atoms with Crippen molar-refractivity contribution in [3.05, 3.63) is 47.8 Å². The molecule has 0 amide bonds. The lowest BCUT2D eigenvalue weighted by atomic mass is 10.2. The number of nitrogens with two attached hydrogens (primary N) is 1. The third-order valence-electron chi connectivity index (χ3n) is 3.24. The molecule has 0 aliphatic rings. The van der Waals surface area contributed by atoms with Crippen molar-refractivity contribution in [3.8, 4) is 0 Å². The summed E-state index contributed by atoms with van der Waals surface area (Å²) in [5, 5.41) is 7.27. The summed E-state index contributed by atoms with van der Waals surface area (Å²) in [6, 6.07) is 7.89. The minimum atomic E-state index is 0.426. The van der Waals surface area contributed by atoms with Crippen LogP contribution in [0.4, 0.5) is 5.69 Å². The zero-order valence-electron chi connectivity index (χ0n) is 13.1. The highest BCUT2D eigenvalue weighted by Crippen LogP contribution is 2.15. The molecule has 0 aliphatic carbocycles. The topological polar surface area (TPSA) is 77.5 Å². The molecule has 0 radical (unpaired) electrons. The summed E-state index contributed by atoms with van der Waals surface area (Å²) in [5.74, 6) is 0.426. The molecule has 0 spiro atoms. The number of ether oxygens (including phenoxy) is 1. The monoisotopic (exact) mass is 301 g/mol. The van der Waals surface area contributed by atoms with Gasteiger partial charge in [-0.1, -0.05) is 18.2 Å². The van der Waals surface area contributed by atoms with Gasteiger partial charge in [-0.05, 0) is 24.5 Å². The summed E-state index contributed by atoms with van der Waals surface area (Å²) in [6.07, 6.45) is 5.79. The molecule has 2 rings (SSSR count). The van der Waals surface area contributed by atoms with Crippen molar-refractivity contribution < 1.29 is 4.74 Å². The number of rotatable bonds is 7. The number of guanidine groups is 1. The zero-order chi connectivity index (χ0) is 15.8. The van der Waals surface area contributed by atoms with Gasteiger partial charge in [-0.15, -0.1) is 0 Å². The van der Waals surface area contributed by atoms with E-state index in [0.29, 0.717) is 19.1 Å². The van der Waals surface area contributed by atoms with E-state index < -0.39 is 0 Å². The molecule has 0 atom stereocenters. The van der Waals surface area contributed by atoms with Gasteiger partial charge in [-0.25, -0.2) is 0 Å². The molecule has 0 saturated carbocycles. The fraction of sp³-hybridized carbons (Fsp3) is 0.375. The molecule has 6 nitrogen and oxygen atoms in total. The molecule has 118 valence electrons. The van der Waals surface area contributed by atoms with Crippen LogP contribution in [0.2, 0.25) is 0 Å². The molecule has 0 fully saturated rings. The minimum Gasteiger partial charge on any atom is -0.380 e. The number of nitrogens with zero attached hydrogens (tertiary/aromatic N) is 3. The maximum absolute atomic E-state index is 5.94. The van der Waals surface area contributed by atoms with Crippen molar-refractivity contribution in [1.82, 2.24) is 9.78 Å². The number of para-hydroxylation sites is 1. The first-order valence-corrected chi connectivity index (χ1v) is 7.30. The van der Waals surface area contributed by atoms with Crippen molar-refractivity contribution in [2.75, 3.05) is 19.0 Å². The largest absolute Gasteiger partial charge is 0.380 e. The number of benzene rings is 1. The summed E-state index contributed by atoms with van der Waals surface area (Å²) >= 11 is 0. The number of nitrogens with one attached hydrogen (secondary N) is 1. The van der Waals surface area contributed by atoms with Crippen molar-refractivity contribution in [2.24, 2.45) is 17.8 Å². The normalized spacial score (nSPS) is 11.6. The molecule has 0 unspecified atom stereocenters. The summed E-state index contributed by atoms with van der Waals surface area (Å²) in [5.41, 5.74) is 9.14. The van der Waals surface area contributed by atoms with Gasteiger partial charge in [0.05, 0.1) is 12.8 Å². The number of methoxy groups -OCH3 is 1. The van der Waals surface area contributed by atoms with E-state index in [9.17, 15) is 0 Å². The molecule has 6 heteroatoms. The van der Waals surface area contributed by atoms with Gasteiger partial charge in [0.25, 0.3) is 0 Å². The van der Waals surface area contributed by atoms with Gasteiger partial charge in [-0.2, -0.15) is 5.10 Å². The summed E-state index contributed by atoms with van der Waals surface area (Å²) in [7, 11) is 3.59. The van der Waals surface area contributed by atoms with E-state index in [-0.39, 0.29) is 0 Å². The number of aliphatic imine (C=N–C) groups is 1.